The van der Waals surface area contributed by atoms with Crippen molar-refractivity contribution in [3.8, 4) is 11.5 Å². The summed E-state index contributed by atoms with van der Waals surface area (Å²) in [6.07, 6.45) is 7.40. The number of rotatable bonds is 10. The van der Waals surface area contributed by atoms with Crippen LogP contribution in [0.3, 0.4) is 0 Å². The number of nitrogens with one attached hydrogen (secondary N) is 2. The molecule has 32 heavy (non-hydrogen) atoms. The average Bonchev–Trinajstić information content (AvgIpc) is 3.49. The smallest absolute Gasteiger partial charge is 0.225 e. The van der Waals surface area contributed by atoms with Crippen molar-refractivity contribution in [3.05, 3.63) is 23.8 Å². The van der Waals surface area contributed by atoms with Crippen LogP contribution in [-0.4, -0.2) is 62.7 Å². The van der Waals surface area contributed by atoms with E-state index < -0.39 is 0 Å². The van der Waals surface area contributed by atoms with E-state index in [2.05, 4.69) is 34.6 Å². The minimum Gasteiger partial charge on any atom is -0.493 e. The number of ether oxygens (including phenoxy) is 2. The van der Waals surface area contributed by atoms with Crippen LogP contribution in [0.15, 0.2) is 23.2 Å². The monoisotopic (exact) mass is 444 g/mol. The number of hydrogen-bond acceptors (Lipinski definition) is 4. The van der Waals surface area contributed by atoms with E-state index >= 15 is 0 Å². The van der Waals surface area contributed by atoms with E-state index in [0.29, 0.717) is 12.5 Å². The molecule has 1 saturated carbocycles. The lowest BCUT2D eigenvalue weighted by atomic mass is 10.1. The molecular formula is C25H40N4O3. The van der Waals surface area contributed by atoms with Gasteiger partial charge >= 0.3 is 0 Å². The normalized spacial score (nSPS) is 19.3. The molecule has 0 spiro atoms. The summed E-state index contributed by atoms with van der Waals surface area (Å²) in [5.41, 5.74) is 1.22. The highest BCUT2D eigenvalue weighted by Crippen LogP contribution is 2.29. The van der Waals surface area contributed by atoms with Crippen LogP contribution in [0.4, 0.5) is 0 Å². The first kappa shape index (κ1) is 24.2. The highest BCUT2D eigenvalue weighted by molar-refractivity contribution is 5.81. The maximum absolute atomic E-state index is 12.7. The van der Waals surface area contributed by atoms with Gasteiger partial charge in [-0.3, -0.25) is 9.79 Å². The SMILES string of the molecule is CCNC(=NCCCc1ccc(OC)c(OCC)c1)NC1CCN(C(=O)C2CCCC2)C1. The van der Waals surface area contributed by atoms with Crippen molar-refractivity contribution >= 4 is 11.9 Å². The van der Waals surface area contributed by atoms with Crippen LogP contribution in [0, 0.1) is 5.92 Å². The van der Waals surface area contributed by atoms with E-state index in [1.54, 1.807) is 7.11 Å². The Bertz CT molecular complexity index is 762. The van der Waals surface area contributed by atoms with Crippen LogP contribution in [0.1, 0.15) is 57.9 Å². The molecule has 1 aromatic rings. The lowest BCUT2D eigenvalue weighted by Crippen LogP contribution is -2.45. The molecular weight excluding hydrogens is 404 g/mol. The summed E-state index contributed by atoms with van der Waals surface area (Å²) in [4.78, 5) is 19.5. The van der Waals surface area contributed by atoms with Crippen LogP contribution in [0.2, 0.25) is 0 Å². The first-order valence-corrected chi connectivity index (χ1v) is 12.3. The number of carbonyl (C=O) groups excluding carboxylic acids is 1. The first-order chi connectivity index (χ1) is 15.6. The molecule has 1 heterocycles. The van der Waals surface area contributed by atoms with E-state index in [9.17, 15) is 4.79 Å². The fourth-order valence-electron chi connectivity index (χ4n) is 4.64. The molecule has 178 valence electrons. The molecule has 0 aromatic heterocycles. The number of aliphatic imine (C=N–C) groups is 1. The Balaban J connectivity index is 1.47. The number of methoxy groups -OCH3 is 1. The van der Waals surface area contributed by atoms with Gasteiger partial charge in [0, 0.05) is 38.1 Å². The molecule has 2 N–H and O–H groups in total. The van der Waals surface area contributed by atoms with Crippen LogP contribution < -0.4 is 20.1 Å². The van der Waals surface area contributed by atoms with Gasteiger partial charge < -0.3 is 25.0 Å². The van der Waals surface area contributed by atoms with Gasteiger partial charge in [0.05, 0.1) is 13.7 Å². The third-order valence-electron chi connectivity index (χ3n) is 6.31. The molecule has 1 aromatic carbocycles. The molecule has 1 amide bonds. The van der Waals surface area contributed by atoms with Crippen molar-refractivity contribution in [2.45, 2.75) is 64.8 Å². The van der Waals surface area contributed by atoms with Crippen molar-refractivity contribution in [1.82, 2.24) is 15.5 Å². The number of likely N-dealkylation sites (tertiary alicyclic amines) is 1. The molecule has 2 fully saturated rings. The molecule has 7 heteroatoms. The lowest BCUT2D eigenvalue weighted by molar-refractivity contribution is -0.134. The second-order valence-corrected chi connectivity index (χ2v) is 8.68. The summed E-state index contributed by atoms with van der Waals surface area (Å²) < 4.78 is 11.0. The summed E-state index contributed by atoms with van der Waals surface area (Å²) in [5, 5.41) is 6.89. The van der Waals surface area contributed by atoms with Gasteiger partial charge in [0.2, 0.25) is 5.91 Å². The van der Waals surface area contributed by atoms with E-state index in [1.807, 2.05) is 13.0 Å². The topological polar surface area (TPSA) is 75.2 Å². The van der Waals surface area contributed by atoms with Gasteiger partial charge in [-0.2, -0.15) is 0 Å². The Hall–Kier alpha value is -2.44. The Morgan fingerprint density at radius 2 is 2.00 bits per heavy atom. The Labute approximate surface area is 192 Å². The number of carbonyl (C=O) groups is 1. The second-order valence-electron chi connectivity index (χ2n) is 8.68. The van der Waals surface area contributed by atoms with Gasteiger partial charge in [-0.05, 0) is 63.6 Å². The average molecular weight is 445 g/mol. The Morgan fingerprint density at radius 3 is 2.72 bits per heavy atom. The van der Waals surface area contributed by atoms with Crippen LogP contribution >= 0.6 is 0 Å². The van der Waals surface area contributed by atoms with E-state index in [-0.39, 0.29) is 12.0 Å². The second kappa shape index (κ2) is 12.6. The molecule has 0 radical (unpaired) electrons. The zero-order valence-corrected chi connectivity index (χ0v) is 20.0. The standard InChI is InChI=1S/C25H40N4O3/c1-4-26-25(28-21-14-16-29(18-21)24(30)20-10-6-7-11-20)27-15-8-9-19-12-13-22(31-3)23(17-19)32-5-2/h12-13,17,20-21H,4-11,14-16,18H2,1-3H3,(H2,26,27,28). The first-order valence-electron chi connectivity index (χ1n) is 12.3. The van der Waals surface area contributed by atoms with Gasteiger partial charge in [0.1, 0.15) is 0 Å². The quantitative estimate of drug-likeness (QED) is 0.329. The van der Waals surface area contributed by atoms with Crippen molar-refractivity contribution in [3.63, 3.8) is 0 Å². The van der Waals surface area contributed by atoms with Crippen molar-refractivity contribution < 1.29 is 14.3 Å². The molecule has 1 saturated heterocycles. The number of nitrogens with zero attached hydrogens (tertiary/aromatic N) is 2. The minimum atomic E-state index is 0.261. The number of aryl methyl sites for hydroxylation is 1. The molecule has 1 aliphatic carbocycles. The fourth-order valence-corrected chi connectivity index (χ4v) is 4.64. The summed E-state index contributed by atoms with van der Waals surface area (Å²) >= 11 is 0. The largest absolute Gasteiger partial charge is 0.493 e. The van der Waals surface area contributed by atoms with Crippen LogP contribution in [-0.2, 0) is 11.2 Å². The lowest BCUT2D eigenvalue weighted by Gasteiger charge is -2.21. The molecule has 7 nitrogen and oxygen atoms in total. The van der Waals surface area contributed by atoms with E-state index in [1.165, 1.54) is 18.4 Å². The van der Waals surface area contributed by atoms with Crippen molar-refractivity contribution in [2.75, 3.05) is 39.9 Å². The molecule has 1 unspecified atom stereocenters. The maximum Gasteiger partial charge on any atom is 0.225 e. The number of guanidine groups is 1. The van der Waals surface area contributed by atoms with Crippen molar-refractivity contribution in [2.24, 2.45) is 10.9 Å². The Morgan fingerprint density at radius 1 is 1.19 bits per heavy atom. The predicted molar refractivity (Wildman–Crippen MR) is 129 cm³/mol. The van der Waals surface area contributed by atoms with Gasteiger partial charge in [-0.15, -0.1) is 0 Å². The van der Waals surface area contributed by atoms with Gasteiger partial charge in [0.15, 0.2) is 17.5 Å². The molecule has 0 bridgehead atoms. The van der Waals surface area contributed by atoms with Gasteiger partial charge in [-0.1, -0.05) is 18.9 Å². The third kappa shape index (κ3) is 6.78. The summed E-state index contributed by atoms with van der Waals surface area (Å²) in [6.45, 7) is 7.87. The maximum atomic E-state index is 12.7. The van der Waals surface area contributed by atoms with Gasteiger partial charge in [-0.25, -0.2) is 0 Å². The molecule has 1 aliphatic heterocycles. The highest BCUT2D eigenvalue weighted by Gasteiger charge is 2.32. The zero-order chi connectivity index (χ0) is 22.8. The summed E-state index contributed by atoms with van der Waals surface area (Å²) in [7, 11) is 1.66. The Kier molecular flexibility index (Phi) is 9.50. The van der Waals surface area contributed by atoms with Crippen LogP contribution in [0.25, 0.3) is 0 Å². The van der Waals surface area contributed by atoms with Crippen LogP contribution in [0.5, 0.6) is 11.5 Å². The molecule has 1 atom stereocenters. The predicted octanol–water partition coefficient (Wildman–Crippen LogP) is 3.37. The molecule has 3 rings (SSSR count). The zero-order valence-electron chi connectivity index (χ0n) is 20.0. The highest BCUT2D eigenvalue weighted by atomic mass is 16.5. The number of hydrogen-bond donors (Lipinski definition) is 2. The number of benzene rings is 1. The summed E-state index contributed by atoms with van der Waals surface area (Å²) in [5.74, 6) is 3.03. The van der Waals surface area contributed by atoms with Crippen molar-refractivity contribution in [1.29, 1.82) is 0 Å². The van der Waals surface area contributed by atoms with E-state index in [0.717, 1.165) is 75.7 Å². The fraction of sp³-hybridized carbons (Fsp3) is 0.680. The molecule has 2 aliphatic rings. The summed E-state index contributed by atoms with van der Waals surface area (Å²) in [6, 6.07) is 6.38. The van der Waals surface area contributed by atoms with Gasteiger partial charge in [0.25, 0.3) is 0 Å². The third-order valence-corrected chi connectivity index (χ3v) is 6.31. The minimum absolute atomic E-state index is 0.261. The number of amides is 1. The van der Waals surface area contributed by atoms with E-state index in [4.69, 9.17) is 14.5 Å².